The van der Waals surface area contributed by atoms with Gasteiger partial charge in [0.2, 0.25) is 0 Å². The molecule has 1 aromatic carbocycles. The first-order valence-corrected chi connectivity index (χ1v) is 8.08. The van der Waals surface area contributed by atoms with E-state index in [0.717, 1.165) is 11.1 Å². The summed E-state index contributed by atoms with van der Waals surface area (Å²) in [5.74, 6) is 0.275. The Bertz CT molecular complexity index is 720. The van der Waals surface area contributed by atoms with Crippen molar-refractivity contribution in [2.45, 2.75) is 18.7 Å². The monoisotopic (exact) mass is 355 g/mol. The van der Waals surface area contributed by atoms with E-state index in [2.05, 4.69) is 25.6 Å². The maximum atomic E-state index is 12.3. The first kappa shape index (κ1) is 14.8. The van der Waals surface area contributed by atoms with Crippen LogP contribution >= 0.6 is 15.9 Å². The zero-order chi connectivity index (χ0) is 14.9. The van der Waals surface area contributed by atoms with Crippen LogP contribution < -0.4 is 10.5 Å². The van der Waals surface area contributed by atoms with Gasteiger partial charge in [0.1, 0.15) is 10.7 Å². The van der Waals surface area contributed by atoms with E-state index in [4.69, 9.17) is 5.73 Å². The first-order valence-electron chi connectivity index (χ1n) is 5.81. The van der Waals surface area contributed by atoms with E-state index in [1.165, 1.54) is 18.3 Å². The van der Waals surface area contributed by atoms with Crippen molar-refractivity contribution in [3.05, 3.63) is 46.1 Å². The van der Waals surface area contributed by atoms with Gasteiger partial charge in [0, 0.05) is 10.7 Å². The number of nitrogens with one attached hydrogen (secondary N) is 1. The standard InChI is InChI=1S/C13H14BrN3O2S/c1-8-5-9(2)13(11(14)6-8)17-20(18,19)10-3-4-12(15)16-7-10/h3-7,17H,1-2H3,(H2,15,16). The molecular weight excluding hydrogens is 342 g/mol. The van der Waals surface area contributed by atoms with Crippen LogP contribution in [0.1, 0.15) is 11.1 Å². The summed E-state index contributed by atoms with van der Waals surface area (Å²) in [5, 5.41) is 0. The number of benzene rings is 1. The number of halogens is 1. The average Bonchev–Trinajstić information content (AvgIpc) is 2.34. The van der Waals surface area contributed by atoms with E-state index >= 15 is 0 Å². The van der Waals surface area contributed by atoms with Gasteiger partial charge in [0.25, 0.3) is 10.0 Å². The van der Waals surface area contributed by atoms with E-state index in [0.29, 0.717) is 10.2 Å². The molecule has 0 aliphatic heterocycles. The molecule has 0 aliphatic carbocycles. The zero-order valence-electron chi connectivity index (χ0n) is 11.0. The Morgan fingerprint density at radius 2 is 1.95 bits per heavy atom. The molecule has 5 nitrogen and oxygen atoms in total. The molecule has 106 valence electrons. The number of rotatable bonds is 3. The van der Waals surface area contributed by atoms with Gasteiger partial charge >= 0.3 is 0 Å². The fourth-order valence-electron chi connectivity index (χ4n) is 1.79. The second kappa shape index (κ2) is 5.41. The second-order valence-electron chi connectivity index (χ2n) is 4.46. The lowest BCUT2D eigenvalue weighted by Crippen LogP contribution is -2.14. The molecule has 0 aliphatic rings. The highest BCUT2D eigenvalue weighted by atomic mass is 79.9. The average molecular weight is 356 g/mol. The summed E-state index contributed by atoms with van der Waals surface area (Å²) in [4.78, 5) is 3.86. The third kappa shape index (κ3) is 3.10. The number of hydrogen-bond donors (Lipinski definition) is 2. The molecule has 1 aromatic heterocycles. The molecule has 0 radical (unpaired) electrons. The zero-order valence-corrected chi connectivity index (χ0v) is 13.4. The molecule has 0 saturated heterocycles. The van der Waals surface area contributed by atoms with Crippen molar-refractivity contribution in [2.75, 3.05) is 10.5 Å². The second-order valence-corrected chi connectivity index (χ2v) is 7.00. The summed E-state index contributed by atoms with van der Waals surface area (Å²) in [6.45, 7) is 3.79. The number of nitrogens with two attached hydrogens (primary N) is 1. The van der Waals surface area contributed by atoms with Gasteiger partial charge in [-0.25, -0.2) is 13.4 Å². The van der Waals surface area contributed by atoms with Crippen LogP contribution in [0.2, 0.25) is 0 Å². The van der Waals surface area contributed by atoms with Crippen LogP contribution in [0.15, 0.2) is 39.8 Å². The highest BCUT2D eigenvalue weighted by Crippen LogP contribution is 2.29. The number of pyridine rings is 1. The smallest absolute Gasteiger partial charge is 0.263 e. The van der Waals surface area contributed by atoms with Crippen molar-refractivity contribution in [1.29, 1.82) is 0 Å². The molecule has 0 atom stereocenters. The predicted molar refractivity (Wildman–Crippen MR) is 83.1 cm³/mol. The normalized spacial score (nSPS) is 11.3. The minimum Gasteiger partial charge on any atom is -0.384 e. The largest absolute Gasteiger partial charge is 0.384 e. The van der Waals surface area contributed by atoms with Crippen LogP contribution in [0.4, 0.5) is 11.5 Å². The molecule has 20 heavy (non-hydrogen) atoms. The number of anilines is 2. The lowest BCUT2D eigenvalue weighted by atomic mass is 10.1. The van der Waals surface area contributed by atoms with Crippen LogP contribution in [0, 0.1) is 13.8 Å². The van der Waals surface area contributed by atoms with Gasteiger partial charge in [-0.15, -0.1) is 0 Å². The van der Waals surface area contributed by atoms with Gasteiger partial charge < -0.3 is 5.73 Å². The molecule has 0 amide bonds. The van der Waals surface area contributed by atoms with E-state index in [1.807, 2.05) is 26.0 Å². The first-order chi connectivity index (χ1) is 9.29. The highest BCUT2D eigenvalue weighted by Gasteiger charge is 2.17. The van der Waals surface area contributed by atoms with E-state index in [9.17, 15) is 8.42 Å². The Labute approximate surface area is 126 Å². The van der Waals surface area contributed by atoms with Crippen molar-refractivity contribution in [2.24, 2.45) is 0 Å². The summed E-state index contributed by atoms with van der Waals surface area (Å²) < 4.78 is 27.8. The summed E-state index contributed by atoms with van der Waals surface area (Å²) in [6, 6.07) is 6.63. The summed E-state index contributed by atoms with van der Waals surface area (Å²) in [5.41, 5.74) is 7.86. The van der Waals surface area contributed by atoms with Gasteiger partial charge in [0.15, 0.2) is 0 Å². The molecule has 0 bridgehead atoms. The molecule has 0 fully saturated rings. The van der Waals surface area contributed by atoms with Gasteiger partial charge in [0.05, 0.1) is 5.69 Å². The third-order valence-electron chi connectivity index (χ3n) is 2.74. The Hall–Kier alpha value is -1.60. The van der Waals surface area contributed by atoms with E-state index in [-0.39, 0.29) is 10.7 Å². The van der Waals surface area contributed by atoms with Crippen LogP contribution in [0.25, 0.3) is 0 Å². The Balaban J connectivity index is 2.41. The SMILES string of the molecule is Cc1cc(C)c(NS(=O)(=O)c2ccc(N)nc2)c(Br)c1. The number of nitrogens with zero attached hydrogens (tertiary/aromatic N) is 1. The van der Waals surface area contributed by atoms with Crippen LogP contribution in [0.3, 0.4) is 0 Å². The third-order valence-corrected chi connectivity index (χ3v) is 4.70. The van der Waals surface area contributed by atoms with Crippen molar-refractivity contribution in [3.8, 4) is 0 Å². The molecule has 0 unspecified atom stereocenters. The molecular formula is C13H14BrN3O2S. The van der Waals surface area contributed by atoms with Crippen molar-refractivity contribution < 1.29 is 8.42 Å². The lowest BCUT2D eigenvalue weighted by molar-refractivity contribution is 0.601. The summed E-state index contributed by atoms with van der Waals surface area (Å²) in [6.07, 6.45) is 1.23. The minimum atomic E-state index is -3.69. The number of sulfonamides is 1. The molecule has 0 spiro atoms. The topological polar surface area (TPSA) is 85.1 Å². The Morgan fingerprint density at radius 1 is 1.25 bits per heavy atom. The predicted octanol–water partition coefficient (Wildman–Crippen LogP) is 2.84. The summed E-state index contributed by atoms with van der Waals surface area (Å²) >= 11 is 3.37. The molecule has 3 N–H and O–H groups in total. The van der Waals surface area contributed by atoms with Crippen molar-refractivity contribution >= 4 is 37.5 Å². The lowest BCUT2D eigenvalue weighted by Gasteiger charge is -2.13. The summed E-state index contributed by atoms with van der Waals surface area (Å²) in [7, 11) is -3.69. The van der Waals surface area contributed by atoms with Crippen LogP contribution in [0.5, 0.6) is 0 Å². The molecule has 2 rings (SSSR count). The minimum absolute atomic E-state index is 0.0681. The van der Waals surface area contributed by atoms with Gasteiger partial charge in [-0.05, 0) is 59.1 Å². The number of aryl methyl sites for hydroxylation is 2. The van der Waals surface area contributed by atoms with Crippen molar-refractivity contribution in [1.82, 2.24) is 4.98 Å². The van der Waals surface area contributed by atoms with Crippen molar-refractivity contribution in [3.63, 3.8) is 0 Å². The van der Waals surface area contributed by atoms with Crippen LogP contribution in [-0.4, -0.2) is 13.4 Å². The molecule has 2 aromatic rings. The molecule has 7 heteroatoms. The molecule has 1 heterocycles. The quantitative estimate of drug-likeness (QED) is 0.886. The fraction of sp³-hybridized carbons (Fsp3) is 0.154. The maximum absolute atomic E-state index is 12.3. The van der Waals surface area contributed by atoms with Gasteiger partial charge in [-0.3, -0.25) is 4.72 Å². The molecule has 0 saturated carbocycles. The number of nitrogen functional groups attached to an aromatic ring is 1. The Morgan fingerprint density at radius 3 is 2.50 bits per heavy atom. The number of aromatic nitrogens is 1. The maximum Gasteiger partial charge on any atom is 0.263 e. The Kier molecular flexibility index (Phi) is 4.01. The van der Waals surface area contributed by atoms with E-state index in [1.54, 1.807) is 0 Å². The highest BCUT2D eigenvalue weighted by molar-refractivity contribution is 9.10. The fourth-order valence-corrected chi connectivity index (χ4v) is 3.79. The number of hydrogen-bond acceptors (Lipinski definition) is 4. The van der Waals surface area contributed by atoms with Crippen LogP contribution in [-0.2, 0) is 10.0 Å². The van der Waals surface area contributed by atoms with Gasteiger partial charge in [-0.1, -0.05) is 6.07 Å². The van der Waals surface area contributed by atoms with E-state index < -0.39 is 10.0 Å². The van der Waals surface area contributed by atoms with Gasteiger partial charge in [-0.2, -0.15) is 0 Å².